The van der Waals surface area contributed by atoms with Gasteiger partial charge in [-0.15, -0.1) is 0 Å². The lowest BCUT2D eigenvalue weighted by Gasteiger charge is -2.08. The third kappa shape index (κ3) is 2.97. The molecule has 0 unspecified atom stereocenters. The highest BCUT2D eigenvalue weighted by atomic mass is 35.5. The molecule has 84 valence electrons. The van der Waals surface area contributed by atoms with Crippen LogP contribution in [0, 0.1) is 0 Å². The van der Waals surface area contributed by atoms with Crippen molar-refractivity contribution in [2.24, 2.45) is 10.1 Å². The molecule has 1 aliphatic heterocycles. The minimum atomic E-state index is 0.382. The van der Waals surface area contributed by atoms with Crippen molar-refractivity contribution in [3.8, 4) is 0 Å². The molecule has 0 bridgehead atoms. The van der Waals surface area contributed by atoms with Gasteiger partial charge in [-0.05, 0) is 6.07 Å². The van der Waals surface area contributed by atoms with Crippen LogP contribution >= 0.6 is 11.6 Å². The first kappa shape index (κ1) is 11.0. The molecule has 1 aliphatic rings. The van der Waals surface area contributed by atoms with Crippen molar-refractivity contribution in [3.63, 3.8) is 0 Å². The van der Waals surface area contributed by atoms with Crippen molar-refractivity contribution < 1.29 is 4.84 Å². The predicted molar refractivity (Wildman–Crippen MR) is 65.0 cm³/mol. The number of benzene rings is 1. The minimum Gasteiger partial charge on any atom is -0.391 e. The summed E-state index contributed by atoms with van der Waals surface area (Å²) in [5.41, 5.74) is 1.82. The first-order chi connectivity index (χ1) is 7.86. The molecule has 0 atom stereocenters. The molecule has 0 radical (unpaired) electrons. The summed E-state index contributed by atoms with van der Waals surface area (Å²) in [5.74, 6) is 0. The van der Waals surface area contributed by atoms with Crippen LogP contribution in [0.15, 0.2) is 34.4 Å². The van der Waals surface area contributed by atoms with E-state index in [4.69, 9.17) is 16.4 Å². The van der Waals surface area contributed by atoms with E-state index in [0.29, 0.717) is 24.7 Å². The van der Waals surface area contributed by atoms with Gasteiger partial charge >= 0.3 is 0 Å². The van der Waals surface area contributed by atoms with Gasteiger partial charge in [0.05, 0.1) is 25.1 Å². The van der Waals surface area contributed by atoms with Crippen LogP contribution in [0.2, 0.25) is 5.02 Å². The van der Waals surface area contributed by atoms with Crippen LogP contribution in [-0.2, 0) is 11.4 Å². The average molecular weight is 238 g/mol. The molecule has 1 aromatic carbocycles. The standard InChI is InChI=1S/C11H12ClN3O/c12-11-4-2-1-3-9(11)7-16-15-10-5-13-8-14-6-10/h1-4,8H,5-7H2,(H,13,14). The summed E-state index contributed by atoms with van der Waals surface area (Å²) >= 11 is 5.98. The fraction of sp³-hybridized carbons (Fsp3) is 0.273. The molecule has 16 heavy (non-hydrogen) atoms. The molecule has 5 heteroatoms. The van der Waals surface area contributed by atoms with Crippen molar-refractivity contribution in [1.82, 2.24) is 5.32 Å². The number of rotatable bonds is 3. The maximum absolute atomic E-state index is 5.98. The predicted octanol–water partition coefficient (Wildman–Crippen LogP) is 1.84. The molecular weight excluding hydrogens is 226 g/mol. The molecule has 0 amide bonds. The molecule has 0 spiro atoms. The molecule has 4 nitrogen and oxygen atoms in total. The lowest BCUT2D eigenvalue weighted by atomic mass is 10.2. The number of nitrogens with zero attached hydrogens (tertiary/aromatic N) is 2. The highest BCUT2D eigenvalue weighted by Gasteiger charge is 2.03. The molecule has 1 heterocycles. The van der Waals surface area contributed by atoms with Gasteiger partial charge in [-0.2, -0.15) is 0 Å². The molecule has 0 aliphatic carbocycles. The van der Waals surface area contributed by atoms with Gasteiger partial charge in [-0.3, -0.25) is 4.99 Å². The zero-order valence-electron chi connectivity index (χ0n) is 8.69. The lowest BCUT2D eigenvalue weighted by Crippen LogP contribution is -2.28. The third-order valence-electron chi connectivity index (χ3n) is 2.13. The molecule has 0 aromatic heterocycles. The van der Waals surface area contributed by atoms with E-state index in [2.05, 4.69) is 15.5 Å². The zero-order chi connectivity index (χ0) is 11.2. The number of hydrogen-bond acceptors (Lipinski definition) is 4. The summed E-state index contributed by atoms with van der Waals surface area (Å²) in [5, 5.41) is 7.66. The number of nitrogens with one attached hydrogen (secondary N) is 1. The van der Waals surface area contributed by atoms with Gasteiger partial charge < -0.3 is 10.2 Å². The molecule has 0 saturated heterocycles. The normalized spacial score (nSPS) is 17.2. The van der Waals surface area contributed by atoms with Crippen molar-refractivity contribution in [1.29, 1.82) is 0 Å². The summed E-state index contributed by atoms with van der Waals surface area (Å²) in [6, 6.07) is 7.56. The van der Waals surface area contributed by atoms with Gasteiger partial charge in [0, 0.05) is 10.6 Å². The highest BCUT2D eigenvalue weighted by Crippen LogP contribution is 2.15. The monoisotopic (exact) mass is 237 g/mol. The number of aliphatic imine (C=N–C) groups is 1. The van der Waals surface area contributed by atoms with Crippen LogP contribution in [0.3, 0.4) is 0 Å². The summed E-state index contributed by atoms with van der Waals surface area (Å²) in [4.78, 5) is 9.26. The summed E-state index contributed by atoms with van der Waals surface area (Å²) < 4.78 is 0. The molecule has 1 N–H and O–H groups in total. The second-order valence-corrected chi connectivity index (χ2v) is 3.78. The van der Waals surface area contributed by atoms with Gasteiger partial charge in [0.1, 0.15) is 6.61 Å². The Labute approximate surface area is 99.0 Å². The first-order valence-electron chi connectivity index (χ1n) is 4.99. The second-order valence-electron chi connectivity index (χ2n) is 3.37. The van der Waals surface area contributed by atoms with Crippen molar-refractivity contribution in [3.05, 3.63) is 34.9 Å². The number of hydrogen-bond donors (Lipinski definition) is 1. The van der Waals surface area contributed by atoms with Crippen molar-refractivity contribution in [2.75, 3.05) is 13.1 Å². The fourth-order valence-electron chi connectivity index (χ4n) is 1.30. The van der Waals surface area contributed by atoms with Crippen molar-refractivity contribution >= 4 is 23.7 Å². The Balaban J connectivity index is 1.88. The Bertz CT molecular complexity index is 417. The Morgan fingerprint density at radius 1 is 1.44 bits per heavy atom. The van der Waals surface area contributed by atoms with E-state index in [1.54, 1.807) is 6.34 Å². The van der Waals surface area contributed by atoms with Gasteiger partial charge in [0.25, 0.3) is 0 Å². The van der Waals surface area contributed by atoms with Crippen LogP contribution in [0.25, 0.3) is 0 Å². The molecule has 1 aromatic rings. The molecule has 0 saturated carbocycles. The lowest BCUT2D eigenvalue weighted by molar-refractivity contribution is 0.130. The number of oxime groups is 1. The topological polar surface area (TPSA) is 46.0 Å². The maximum atomic E-state index is 5.98. The Kier molecular flexibility index (Phi) is 3.77. The molecule has 2 rings (SSSR count). The van der Waals surface area contributed by atoms with E-state index < -0.39 is 0 Å². The van der Waals surface area contributed by atoms with E-state index in [1.807, 2.05) is 24.3 Å². The summed E-state index contributed by atoms with van der Waals surface area (Å²) in [6.45, 7) is 1.66. The smallest absolute Gasteiger partial charge is 0.143 e. The SMILES string of the molecule is Clc1ccccc1CON=C1CN=CNC1. The highest BCUT2D eigenvalue weighted by molar-refractivity contribution is 6.31. The largest absolute Gasteiger partial charge is 0.391 e. The summed E-state index contributed by atoms with van der Waals surface area (Å²) in [6.07, 6.45) is 1.67. The Morgan fingerprint density at radius 2 is 2.31 bits per heavy atom. The van der Waals surface area contributed by atoms with Crippen LogP contribution in [0.5, 0.6) is 0 Å². The van der Waals surface area contributed by atoms with Crippen molar-refractivity contribution in [2.45, 2.75) is 6.61 Å². The zero-order valence-corrected chi connectivity index (χ0v) is 9.44. The fourth-order valence-corrected chi connectivity index (χ4v) is 1.49. The number of halogens is 1. The van der Waals surface area contributed by atoms with Crippen LogP contribution < -0.4 is 5.32 Å². The van der Waals surface area contributed by atoms with E-state index in [-0.39, 0.29) is 0 Å². The van der Waals surface area contributed by atoms with Gasteiger partial charge in [0.15, 0.2) is 0 Å². The van der Waals surface area contributed by atoms with E-state index in [1.165, 1.54) is 0 Å². The van der Waals surface area contributed by atoms with Crippen LogP contribution in [0.4, 0.5) is 0 Å². The van der Waals surface area contributed by atoms with Gasteiger partial charge in [0.2, 0.25) is 0 Å². The van der Waals surface area contributed by atoms with E-state index in [0.717, 1.165) is 11.3 Å². The van der Waals surface area contributed by atoms with E-state index in [9.17, 15) is 0 Å². The minimum absolute atomic E-state index is 0.382. The summed E-state index contributed by atoms with van der Waals surface area (Å²) in [7, 11) is 0. The Hall–Kier alpha value is -1.55. The molecule has 0 fully saturated rings. The average Bonchev–Trinajstić information content (AvgIpc) is 2.33. The van der Waals surface area contributed by atoms with Crippen LogP contribution in [-0.4, -0.2) is 25.1 Å². The van der Waals surface area contributed by atoms with E-state index >= 15 is 0 Å². The third-order valence-corrected chi connectivity index (χ3v) is 2.50. The second kappa shape index (κ2) is 5.51. The quantitative estimate of drug-likeness (QED) is 0.816. The van der Waals surface area contributed by atoms with Gasteiger partial charge in [-0.25, -0.2) is 0 Å². The maximum Gasteiger partial charge on any atom is 0.143 e. The van der Waals surface area contributed by atoms with Crippen LogP contribution in [0.1, 0.15) is 5.56 Å². The van der Waals surface area contributed by atoms with Gasteiger partial charge in [-0.1, -0.05) is 35.0 Å². The molecular formula is C11H12ClN3O. The Morgan fingerprint density at radius 3 is 3.06 bits per heavy atom. The first-order valence-corrected chi connectivity index (χ1v) is 5.37.